The maximum atomic E-state index is 14.3. The van der Waals surface area contributed by atoms with E-state index in [-0.39, 0.29) is 25.7 Å². The Balaban J connectivity index is 1.38. The monoisotopic (exact) mass is 752 g/mol. The molecule has 0 unspecified atom stereocenters. The number of fused-ring (bicyclic) bond motifs is 2. The number of piperidine rings is 1. The van der Waals surface area contributed by atoms with Gasteiger partial charge >= 0.3 is 0 Å². The molecule has 5 rings (SSSR count). The Labute approximate surface area is 314 Å². The van der Waals surface area contributed by atoms with Gasteiger partial charge in [0.1, 0.15) is 6.04 Å². The number of ether oxygens (including phenoxy) is 2. The van der Waals surface area contributed by atoms with Gasteiger partial charge in [-0.25, -0.2) is 8.42 Å². The van der Waals surface area contributed by atoms with E-state index < -0.39 is 56.2 Å². The van der Waals surface area contributed by atoms with Gasteiger partial charge in [0.05, 0.1) is 22.9 Å². The molecule has 1 saturated heterocycles. The number of β-amino-alcohol motifs (C(OH)–C–C–N with tert-alkyl or cyclic N) is 1. The molecule has 0 radical (unpaired) electrons. The first kappa shape index (κ1) is 40.2. The van der Waals surface area contributed by atoms with Gasteiger partial charge < -0.3 is 30.5 Å². The zero-order valence-electron chi connectivity index (χ0n) is 31.8. The van der Waals surface area contributed by atoms with Crippen LogP contribution in [0.4, 0.5) is 0 Å². The molecule has 13 heteroatoms. The molecule has 53 heavy (non-hydrogen) atoms. The number of nitrogens with zero attached hydrogens (tertiary/aromatic N) is 1. The highest BCUT2D eigenvalue weighted by molar-refractivity contribution is 7.92. The van der Waals surface area contributed by atoms with Gasteiger partial charge in [0.2, 0.25) is 24.5 Å². The van der Waals surface area contributed by atoms with Crippen LogP contribution < -0.4 is 25.4 Å². The van der Waals surface area contributed by atoms with Gasteiger partial charge in [-0.05, 0) is 95.1 Å². The topological polar surface area (TPSA) is 163 Å². The Hall–Kier alpha value is -3.94. The van der Waals surface area contributed by atoms with Crippen LogP contribution >= 0.6 is 0 Å². The normalized spacial score (nSPS) is 22.4. The second kappa shape index (κ2) is 16.6. The van der Waals surface area contributed by atoms with Crippen molar-refractivity contribution in [3.63, 3.8) is 0 Å². The van der Waals surface area contributed by atoms with Crippen molar-refractivity contribution >= 4 is 33.6 Å². The summed E-state index contributed by atoms with van der Waals surface area (Å²) >= 11 is 0. The van der Waals surface area contributed by atoms with Gasteiger partial charge in [0.15, 0.2) is 21.3 Å². The molecule has 2 aromatic carbocycles. The lowest BCUT2D eigenvalue weighted by molar-refractivity contribution is -0.133. The van der Waals surface area contributed by atoms with E-state index in [1.807, 2.05) is 51.1 Å². The zero-order chi connectivity index (χ0) is 38.6. The molecule has 2 fully saturated rings. The third kappa shape index (κ3) is 10.4. The van der Waals surface area contributed by atoms with E-state index in [2.05, 4.69) is 20.9 Å². The first-order valence-electron chi connectivity index (χ1n) is 18.6. The highest BCUT2D eigenvalue weighted by atomic mass is 32.2. The van der Waals surface area contributed by atoms with Crippen LogP contribution in [0, 0.1) is 11.8 Å². The number of likely N-dealkylation sites (tertiary alicyclic amines) is 1. The highest BCUT2D eigenvalue weighted by Crippen LogP contribution is 2.39. The molecule has 1 saturated carbocycles. The summed E-state index contributed by atoms with van der Waals surface area (Å²) in [6.07, 6.45) is 8.03. The average Bonchev–Trinajstić information content (AvgIpc) is 3.56. The molecule has 2 aliphatic heterocycles. The molecule has 0 bridgehead atoms. The molecule has 3 aliphatic rings. The van der Waals surface area contributed by atoms with Crippen molar-refractivity contribution in [2.24, 2.45) is 11.8 Å². The number of benzene rings is 2. The zero-order valence-corrected chi connectivity index (χ0v) is 32.6. The molecule has 1 aliphatic carbocycles. The summed E-state index contributed by atoms with van der Waals surface area (Å²) in [4.78, 5) is 43.3. The minimum Gasteiger partial charge on any atom is -0.454 e. The van der Waals surface area contributed by atoms with Crippen LogP contribution in [0.15, 0.2) is 54.6 Å². The maximum absolute atomic E-state index is 14.3. The van der Waals surface area contributed by atoms with Gasteiger partial charge in [0, 0.05) is 31.0 Å². The molecule has 2 aromatic rings. The summed E-state index contributed by atoms with van der Waals surface area (Å²) in [5.41, 5.74) is 1.06. The largest absolute Gasteiger partial charge is 0.454 e. The number of rotatable bonds is 13. The average molecular weight is 753 g/mol. The van der Waals surface area contributed by atoms with Crippen LogP contribution in [0.3, 0.4) is 0 Å². The minimum atomic E-state index is -3.89. The van der Waals surface area contributed by atoms with Gasteiger partial charge in [-0.2, -0.15) is 0 Å². The summed E-state index contributed by atoms with van der Waals surface area (Å²) in [6, 6.07) is 11.7. The number of nitrogens with one attached hydrogen (secondary N) is 3. The quantitative estimate of drug-likeness (QED) is 0.224. The van der Waals surface area contributed by atoms with E-state index in [0.29, 0.717) is 41.9 Å². The van der Waals surface area contributed by atoms with Crippen LogP contribution in [0.1, 0.15) is 77.8 Å². The van der Waals surface area contributed by atoms with Crippen molar-refractivity contribution in [2.75, 3.05) is 26.1 Å². The number of hydrogen-bond donors (Lipinski definition) is 4. The molecule has 2 heterocycles. The second-order valence-corrected chi connectivity index (χ2v) is 19.0. The molecule has 4 N–H and O–H groups in total. The standard InChI is InChI=1S/C40H56N4O8S/c1-39(2,3)43-37(47)31-22-28-14-10-11-15-29(28)23-44(31)24-32(45)30(20-26-12-8-7-9-13-26)41-38(48)36(40(4,5)53(6,49)50)42-35(46)19-17-27-16-18-33-34(21-27)52-25-51-33/h7-9,12-13,16-19,21,28-32,36,45H,10-11,14-15,20,22-25H2,1-6H3,(H,41,48)(H,42,46)(H,43,47)/t28-,29+,30-,31-,32+,36+/m0/s1. The van der Waals surface area contributed by atoms with E-state index in [1.54, 1.807) is 18.2 Å². The summed E-state index contributed by atoms with van der Waals surface area (Å²) < 4.78 is 35.2. The first-order chi connectivity index (χ1) is 24.9. The third-order valence-corrected chi connectivity index (χ3v) is 13.0. The Morgan fingerprint density at radius 3 is 2.32 bits per heavy atom. The van der Waals surface area contributed by atoms with Crippen molar-refractivity contribution in [3.05, 3.63) is 65.7 Å². The molecule has 0 spiro atoms. The summed E-state index contributed by atoms with van der Waals surface area (Å²) in [5, 5.41) is 20.7. The van der Waals surface area contributed by atoms with E-state index in [1.165, 1.54) is 26.0 Å². The Morgan fingerprint density at radius 2 is 1.64 bits per heavy atom. The summed E-state index contributed by atoms with van der Waals surface area (Å²) in [5.74, 6) is 0.472. The lowest BCUT2D eigenvalue weighted by Crippen LogP contribution is -2.64. The van der Waals surface area contributed by atoms with E-state index in [4.69, 9.17) is 9.47 Å². The van der Waals surface area contributed by atoms with Gasteiger partial charge in [-0.3, -0.25) is 19.3 Å². The SMILES string of the molecule is CC(C)(C)NC(=O)[C@@H]1C[C@@H]2CCCC[C@@H]2CN1C[C@@H](O)[C@H](Cc1ccccc1)NC(=O)[C@@H](NC(=O)C=Cc1ccc2c(c1)OCO2)C(C)(C)S(C)(=O)=O. The van der Waals surface area contributed by atoms with Crippen LogP contribution in [-0.2, 0) is 30.6 Å². The number of sulfone groups is 1. The van der Waals surface area contributed by atoms with Crippen LogP contribution in [0.5, 0.6) is 11.5 Å². The maximum Gasteiger partial charge on any atom is 0.244 e. The van der Waals surface area contributed by atoms with E-state index in [9.17, 15) is 27.9 Å². The number of carbonyl (C=O) groups is 3. The molecule has 3 amide bonds. The van der Waals surface area contributed by atoms with Gasteiger partial charge in [-0.1, -0.05) is 55.7 Å². The first-order valence-corrected chi connectivity index (χ1v) is 20.5. The number of aliphatic hydroxyl groups is 1. The predicted molar refractivity (Wildman–Crippen MR) is 204 cm³/mol. The Morgan fingerprint density at radius 1 is 0.962 bits per heavy atom. The van der Waals surface area contributed by atoms with Crippen molar-refractivity contribution in [3.8, 4) is 11.5 Å². The lowest BCUT2D eigenvalue weighted by Gasteiger charge is -2.47. The highest BCUT2D eigenvalue weighted by Gasteiger charge is 2.46. The Bertz CT molecular complexity index is 1760. The van der Waals surface area contributed by atoms with Crippen molar-refractivity contribution < 1.29 is 37.4 Å². The second-order valence-electron chi connectivity index (χ2n) is 16.4. The predicted octanol–water partition coefficient (Wildman–Crippen LogP) is 3.62. The molecule has 0 aromatic heterocycles. The van der Waals surface area contributed by atoms with Crippen molar-refractivity contribution in [1.82, 2.24) is 20.9 Å². The smallest absolute Gasteiger partial charge is 0.244 e. The number of aliphatic hydroxyl groups excluding tert-OH is 1. The fraction of sp³-hybridized carbons (Fsp3) is 0.575. The number of hydrogen-bond acceptors (Lipinski definition) is 9. The summed E-state index contributed by atoms with van der Waals surface area (Å²) in [6.45, 7) is 9.51. The van der Waals surface area contributed by atoms with Crippen LogP contribution in [-0.4, -0.2) is 96.8 Å². The van der Waals surface area contributed by atoms with Crippen molar-refractivity contribution in [1.29, 1.82) is 0 Å². The Kier molecular flexibility index (Phi) is 12.6. The van der Waals surface area contributed by atoms with E-state index in [0.717, 1.165) is 37.5 Å². The number of amides is 3. The van der Waals surface area contributed by atoms with E-state index >= 15 is 0 Å². The lowest BCUT2D eigenvalue weighted by atomic mass is 9.72. The fourth-order valence-corrected chi connectivity index (χ4v) is 8.15. The molecular formula is C40H56N4O8S. The number of carbonyl (C=O) groups excluding carboxylic acids is 3. The van der Waals surface area contributed by atoms with Gasteiger partial charge in [-0.15, -0.1) is 0 Å². The molecule has 6 atom stereocenters. The third-order valence-electron chi connectivity index (χ3n) is 10.8. The molecule has 290 valence electrons. The molecule has 12 nitrogen and oxygen atoms in total. The minimum absolute atomic E-state index is 0.0798. The fourth-order valence-electron chi connectivity index (χ4n) is 7.56. The van der Waals surface area contributed by atoms with Crippen LogP contribution in [0.2, 0.25) is 0 Å². The van der Waals surface area contributed by atoms with Gasteiger partial charge in [0.25, 0.3) is 0 Å². The van der Waals surface area contributed by atoms with Crippen LogP contribution in [0.25, 0.3) is 6.08 Å². The molecular weight excluding hydrogens is 697 g/mol. The van der Waals surface area contributed by atoms with Crippen molar-refractivity contribution in [2.45, 2.75) is 108 Å². The summed E-state index contributed by atoms with van der Waals surface area (Å²) in [7, 11) is -3.89.